The zero-order chi connectivity index (χ0) is 12.8. The average molecular weight is 312 g/mol. The molecule has 5 heteroatoms. The van der Waals surface area contributed by atoms with Gasteiger partial charge in [0.1, 0.15) is 5.69 Å². The fraction of sp³-hybridized carbons (Fsp3) is 0.615. The molecule has 2 aliphatic rings. The lowest BCUT2D eigenvalue weighted by molar-refractivity contribution is 0.0920. The number of hydrogen-bond acceptors (Lipinski definition) is 2. The second-order valence-electron chi connectivity index (χ2n) is 5.58. The Kier molecular flexibility index (Phi) is 2.98. The Bertz CT molecular complexity index is 475. The van der Waals surface area contributed by atoms with E-state index in [4.69, 9.17) is 5.73 Å². The third kappa shape index (κ3) is 2.34. The maximum atomic E-state index is 12.2. The van der Waals surface area contributed by atoms with Crippen LogP contribution in [0.25, 0.3) is 0 Å². The molecule has 0 aromatic carbocycles. The third-order valence-electron chi connectivity index (χ3n) is 3.94. The monoisotopic (exact) mass is 311 g/mol. The number of nitrogens with two attached hydrogens (primary N) is 1. The van der Waals surface area contributed by atoms with E-state index in [-0.39, 0.29) is 11.4 Å². The normalized spacial score (nSPS) is 21.4. The van der Waals surface area contributed by atoms with E-state index in [1.54, 1.807) is 0 Å². The van der Waals surface area contributed by atoms with E-state index in [0.29, 0.717) is 12.6 Å². The van der Waals surface area contributed by atoms with Gasteiger partial charge in [0.2, 0.25) is 0 Å². The first-order chi connectivity index (χ1) is 8.57. The molecular formula is C13H18BrN3O. The number of halogens is 1. The van der Waals surface area contributed by atoms with Crippen molar-refractivity contribution in [1.82, 2.24) is 9.88 Å². The molecule has 98 valence electrons. The summed E-state index contributed by atoms with van der Waals surface area (Å²) in [6.45, 7) is 0.583. The van der Waals surface area contributed by atoms with Crippen LogP contribution >= 0.6 is 15.9 Å². The first-order valence-electron chi connectivity index (χ1n) is 6.52. The molecule has 0 atom stereocenters. The number of aromatic nitrogens is 1. The summed E-state index contributed by atoms with van der Waals surface area (Å²) in [4.78, 5) is 12.2. The number of carbonyl (C=O) groups excluding carboxylic acids is 1. The molecule has 1 aromatic rings. The summed E-state index contributed by atoms with van der Waals surface area (Å²) < 4.78 is 3.04. The lowest BCUT2D eigenvalue weighted by Crippen LogP contribution is -2.55. The highest BCUT2D eigenvalue weighted by atomic mass is 79.9. The summed E-state index contributed by atoms with van der Waals surface area (Å²) in [5.74, 6) is -0.00988. The van der Waals surface area contributed by atoms with Crippen LogP contribution in [0.4, 0.5) is 0 Å². The van der Waals surface area contributed by atoms with E-state index >= 15 is 0 Å². The lowest BCUT2D eigenvalue weighted by Gasteiger charge is -2.38. The van der Waals surface area contributed by atoms with Gasteiger partial charge in [0.05, 0.1) is 0 Å². The Morgan fingerprint density at radius 2 is 2.28 bits per heavy atom. The number of nitrogens with one attached hydrogen (secondary N) is 1. The molecule has 18 heavy (non-hydrogen) atoms. The molecule has 0 aliphatic heterocycles. The van der Waals surface area contributed by atoms with Crippen LogP contribution in [0, 0.1) is 0 Å². The molecule has 2 aliphatic carbocycles. The number of amides is 1. The molecule has 0 saturated heterocycles. The zero-order valence-electron chi connectivity index (χ0n) is 10.3. The maximum absolute atomic E-state index is 12.2. The maximum Gasteiger partial charge on any atom is 0.268 e. The van der Waals surface area contributed by atoms with E-state index in [1.807, 2.05) is 12.3 Å². The van der Waals surface area contributed by atoms with Gasteiger partial charge in [-0.25, -0.2) is 0 Å². The molecule has 3 N–H and O–H groups in total. The Labute approximate surface area is 115 Å². The van der Waals surface area contributed by atoms with Gasteiger partial charge in [0, 0.05) is 28.8 Å². The minimum absolute atomic E-state index is 0.00988. The van der Waals surface area contributed by atoms with Gasteiger partial charge in [-0.1, -0.05) is 0 Å². The quantitative estimate of drug-likeness (QED) is 0.895. The van der Waals surface area contributed by atoms with Crippen LogP contribution in [0.1, 0.15) is 48.6 Å². The highest BCUT2D eigenvalue weighted by molar-refractivity contribution is 9.10. The van der Waals surface area contributed by atoms with Gasteiger partial charge in [0.15, 0.2) is 0 Å². The van der Waals surface area contributed by atoms with E-state index < -0.39 is 0 Å². The van der Waals surface area contributed by atoms with Gasteiger partial charge in [0.25, 0.3) is 5.91 Å². The highest BCUT2D eigenvalue weighted by Gasteiger charge is 2.33. The van der Waals surface area contributed by atoms with Crippen LogP contribution in [0.15, 0.2) is 16.7 Å². The van der Waals surface area contributed by atoms with E-state index in [9.17, 15) is 4.79 Å². The van der Waals surface area contributed by atoms with E-state index in [0.717, 1.165) is 23.0 Å². The van der Waals surface area contributed by atoms with Gasteiger partial charge < -0.3 is 15.6 Å². The van der Waals surface area contributed by atoms with Crippen molar-refractivity contribution in [2.24, 2.45) is 5.73 Å². The van der Waals surface area contributed by atoms with Crippen LogP contribution < -0.4 is 11.1 Å². The molecule has 0 radical (unpaired) electrons. The van der Waals surface area contributed by atoms with Crippen molar-refractivity contribution in [3.63, 3.8) is 0 Å². The van der Waals surface area contributed by atoms with Crippen molar-refractivity contribution in [2.45, 2.75) is 43.7 Å². The van der Waals surface area contributed by atoms with Crippen molar-refractivity contribution in [1.29, 1.82) is 0 Å². The van der Waals surface area contributed by atoms with Crippen LogP contribution in [0.3, 0.4) is 0 Å². The fourth-order valence-corrected chi connectivity index (χ4v) is 2.87. The number of rotatable bonds is 4. The summed E-state index contributed by atoms with van der Waals surface area (Å²) in [5, 5.41) is 2.97. The summed E-state index contributed by atoms with van der Waals surface area (Å²) in [6, 6.07) is 2.39. The lowest BCUT2D eigenvalue weighted by atomic mass is 9.78. The highest BCUT2D eigenvalue weighted by Crippen LogP contribution is 2.37. The Morgan fingerprint density at radius 1 is 1.56 bits per heavy atom. The largest absolute Gasteiger partial charge is 0.349 e. The smallest absolute Gasteiger partial charge is 0.268 e. The predicted octanol–water partition coefficient (Wildman–Crippen LogP) is 2.20. The molecule has 4 nitrogen and oxygen atoms in total. The summed E-state index contributed by atoms with van der Waals surface area (Å²) >= 11 is 3.44. The van der Waals surface area contributed by atoms with Gasteiger partial charge in [-0.05, 0) is 54.1 Å². The predicted molar refractivity (Wildman–Crippen MR) is 73.5 cm³/mol. The molecule has 0 bridgehead atoms. The zero-order valence-corrected chi connectivity index (χ0v) is 11.9. The number of nitrogens with zero attached hydrogens (tertiary/aromatic N) is 1. The van der Waals surface area contributed by atoms with Crippen molar-refractivity contribution in [2.75, 3.05) is 6.54 Å². The van der Waals surface area contributed by atoms with Crippen LogP contribution in [0.2, 0.25) is 0 Å². The minimum atomic E-state index is -0.163. The SMILES string of the molecule is NC1(CNC(=O)c2cc(Br)cn2C2CC2)CCC1. The van der Waals surface area contributed by atoms with Gasteiger partial charge in [-0.15, -0.1) is 0 Å². The molecule has 3 rings (SSSR count). The van der Waals surface area contributed by atoms with Crippen LogP contribution in [0.5, 0.6) is 0 Å². The standard InChI is InChI=1S/C13H18BrN3O/c14-9-6-11(17(7-9)10-2-3-10)12(18)16-8-13(15)4-1-5-13/h6-7,10H,1-5,8,15H2,(H,16,18). The third-order valence-corrected chi connectivity index (χ3v) is 4.37. The van der Waals surface area contributed by atoms with Crippen molar-refractivity contribution in [3.8, 4) is 0 Å². The first-order valence-corrected chi connectivity index (χ1v) is 7.31. The van der Waals surface area contributed by atoms with E-state index in [1.165, 1.54) is 19.3 Å². The summed E-state index contributed by atoms with van der Waals surface area (Å²) in [5.41, 5.74) is 6.69. The molecule has 1 heterocycles. The average Bonchev–Trinajstić information content (AvgIpc) is 3.07. The molecule has 2 fully saturated rings. The Hall–Kier alpha value is -0.810. The molecule has 0 unspecified atom stereocenters. The van der Waals surface area contributed by atoms with Gasteiger partial charge >= 0.3 is 0 Å². The van der Waals surface area contributed by atoms with Crippen molar-refractivity contribution < 1.29 is 4.79 Å². The second-order valence-corrected chi connectivity index (χ2v) is 6.50. The summed E-state index contributed by atoms with van der Waals surface area (Å²) in [7, 11) is 0. The first kappa shape index (κ1) is 12.2. The Balaban J connectivity index is 1.67. The van der Waals surface area contributed by atoms with Gasteiger partial charge in [-0.3, -0.25) is 4.79 Å². The van der Waals surface area contributed by atoms with Crippen molar-refractivity contribution in [3.05, 3.63) is 22.4 Å². The topological polar surface area (TPSA) is 60.0 Å². The Morgan fingerprint density at radius 3 is 2.83 bits per heavy atom. The summed E-state index contributed by atoms with van der Waals surface area (Å²) in [6.07, 6.45) is 7.54. The fourth-order valence-electron chi connectivity index (χ4n) is 2.44. The molecule has 2 saturated carbocycles. The number of carbonyl (C=O) groups is 1. The van der Waals surface area contributed by atoms with Crippen molar-refractivity contribution >= 4 is 21.8 Å². The van der Waals surface area contributed by atoms with Gasteiger partial charge in [-0.2, -0.15) is 0 Å². The molecule has 1 amide bonds. The van der Waals surface area contributed by atoms with Crippen LogP contribution in [-0.4, -0.2) is 22.6 Å². The molecular weight excluding hydrogens is 294 g/mol. The number of hydrogen-bond donors (Lipinski definition) is 2. The minimum Gasteiger partial charge on any atom is -0.349 e. The second kappa shape index (κ2) is 4.38. The van der Waals surface area contributed by atoms with E-state index in [2.05, 4.69) is 25.8 Å². The molecule has 1 aromatic heterocycles. The molecule has 0 spiro atoms. The van der Waals surface area contributed by atoms with Crippen LogP contribution in [-0.2, 0) is 0 Å².